The van der Waals surface area contributed by atoms with Gasteiger partial charge in [0.15, 0.2) is 0 Å². The monoisotopic (exact) mass is 456 g/mol. The number of fused-ring (bicyclic) bond motifs is 1. The van der Waals surface area contributed by atoms with Crippen molar-refractivity contribution in [3.63, 3.8) is 0 Å². The van der Waals surface area contributed by atoms with Gasteiger partial charge in [-0.2, -0.15) is 5.26 Å². The topological polar surface area (TPSA) is 67.6 Å². The number of nitrogen functional groups attached to an aromatic ring is 1. The quantitative estimate of drug-likeness (QED) is 0.563. The van der Waals surface area contributed by atoms with E-state index in [0.29, 0.717) is 25.9 Å². The van der Waals surface area contributed by atoms with Gasteiger partial charge in [-0.25, -0.2) is 9.37 Å². The van der Waals surface area contributed by atoms with E-state index in [2.05, 4.69) is 27.0 Å². The lowest BCUT2D eigenvalue weighted by atomic mass is 10.2. The highest BCUT2D eigenvalue weighted by Crippen LogP contribution is 2.29. The standard InChI is InChI=1S/C14H7BrFIN4/c15-8-2-1-7(6-18)12(3-8)21-13-4-9(16)10(17)5-11(13)20-14(21)19/h1-5H,(H2,19,20). The number of imidazole rings is 1. The maximum atomic E-state index is 13.9. The summed E-state index contributed by atoms with van der Waals surface area (Å²) in [5, 5.41) is 9.25. The van der Waals surface area contributed by atoms with Crippen LogP contribution in [-0.4, -0.2) is 9.55 Å². The molecule has 7 heteroatoms. The summed E-state index contributed by atoms with van der Waals surface area (Å²) in [6, 6.07) is 10.3. The summed E-state index contributed by atoms with van der Waals surface area (Å²) in [4.78, 5) is 4.24. The van der Waals surface area contributed by atoms with Gasteiger partial charge in [-0.3, -0.25) is 4.57 Å². The van der Waals surface area contributed by atoms with Crippen molar-refractivity contribution in [2.24, 2.45) is 0 Å². The number of nitriles is 1. The minimum absolute atomic E-state index is 0.209. The summed E-state index contributed by atoms with van der Waals surface area (Å²) in [7, 11) is 0. The van der Waals surface area contributed by atoms with Gasteiger partial charge in [0, 0.05) is 10.5 Å². The van der Waals surface area contributed by atoms with Crippen molar-refractivity contribution in [3.05, 3.63) is 49.8 Å². The Bertz CT molecular complexity index is 913. The van der Waals surface area contributed by atoms with Gasteiger partial charge in [-0.15, -0.1) is 0 Å². The van der Waals surface area contributed by atoms with Gasteiger partial charge in [0.1, 0.15) is 11.9 Å². The summed E-state index contributed by atoms with van der Waals surface area (Å²) in [5.41, 5.74) is 8.07. The molecule has 104 valence electrons. The van der Waals surface area contributed by atoms with E-state index in [4.69, 9.17) is 5.73 Å². The average molecular weight is 457 g/mol. The molecule has 0 amide bonds. The summed E-state index contributed by atoms with van der Waals surface area (Å²) in [6.07, 6.45) is 0. The smallest absolute Gasteiger partial charge is 0.205 e. The van der Waals surface area contributed by atoms with E-state index in [1.807, 2.05) is 22.6 Å². The van der Waals surface area contributed by atoms with Crippen LogP contribution in [0, 0.1) is 20.7 Å². The van der Waals surface area contributed by atoms with Crippen molar-refractivity contribution in [1.29, 1.82) is 5.26 Å². The summed E-state index contributed by atoms with van der Waals surface area (Å²) < 4.78 is 16.7. The number of hydrogen-bond acceptors (Lipinski definition) is 3. The molecule has 2 aromatic carbocycles. The first kappa shape index (κ1) is 14.3. The fourth-order valence-electron chi connectivity index (χ4n) is 2.13. The number of rotatable bonds is 1. The van der Waals surface area contributed by atoms with Gasteiger partial charge in [-0.1, -0.05) is 15.9 Å². The molecule has 0 aliphatic heterocycles. The van der Waals surface area contributed by atoms with Gasteiger partial charge >= 0.3 is 0 Å². The molecule has 0 atom stereocenters. The molecule has 1 heterocycles. The van der Waals surface area contributed by atoms with Gasteiger partial charge < -0.3 is 5.73 Å². The van der Waals surface area contributed by atoms with Crippen LogP contribution in [-0.2, 0) is 0 Å². The number of nitrogens with two attached hydrogens (primary N) is 1. The fraction of sp³-hybridized carbons (Fsp3) is 0. The third kappa shape index (κ3) is 2.38. The van der Waals surface area contributed by atoms with Crippen LogP contribution in [0.1, 0.15) is 5.56 Å². The Morgan fingerprint density at radius 1 is 1.33 bits per heavy atom. The molecule has 21 heavy (non-hydrogen) atoms. The number of hydrogen-bond donors (Lipinski definition) is 1. The van der Waals surface area contributed by atoms with Crippen LogP contribution in [0.3, 0.4) is 0 Å². The minimum atomic E-state index is -0.349. The first-order valence-electron chi connectivity index (χ1n) is 5.84. The Hall–Kier alpha value is -1.66. The highest BCUT2D eigenvalue weighted by molar-refractivity contribution is 14.1. The van der Waals surface area contributed by atoms with Crippen LogP contribution in [0.5, 0.6) is 0 Å². The molecule has 3 rings (SSSR count). The van der Waals surface area contributed by atoms with Crippen molar-refractivity contribution >= 4 is 55.5 Å². The molecule has 0 aliphatic rings. The highest BCUT2D eigenvalue weighted by atomic mass is 127. The first-order valence-corrected chi connectivity index (χ1v) is 7.71. The lowest BCUT2D eigenvalue weighted by Crippen LogP contribution is -2.03. The molecule has 0 aliphatic carbocycles. The van der Waals surface area contributed by atoms with E-state index in [1.165, 1.54) is 6.07 Å². The van der Waals surface area contributed by atoms with Crippen LogP contribution in [0.25, 0.3) is 16.7 Å². The summed E-state index contributed by atoms with van der Waals surface area (Å²) in [5.74, 6) is -0.140. The second-order valence-corrected chi connectivity index (χ2v) is 6.41. The molecule has 0 spiro atoms. The molecule has 0 saturated heterocycles. The van der Waals surface area contributed by atoms with Crippen molar-refractivity contribution in [1.82, 2.24) is 9.55 Å². The highest BCUT2D eigenvalue weighted by Gasteiger charge is 2.15. The SMILES string of the molecule is N#Cc1ccc(Br)cc1-n1c(N)nc2cc(I)c(F)cc21. The maximum absolute atomic E-state index is 13.9. The minimum Gasteiger partial charge on any atom is -0.369 e. The predicted octanol–water partition coefficient (Wildman–Crippen LogP) is 3.99. The van der Waals surface area contributed by atoms with Gasteiger partial charge in [0.2, 0.25) is 5.95 Å². The van der Waals surface area contributed by atoms with Gasteiger partial charge in [-0.05, 0) is 46.9 Å². The molecule has 3 aromatic rings. The molecule has 0 saturated carbocycles. The van der Waals surface area contributed by atoms with Crippen molar-refractivity contribution in [3.8, 4) is 11.8 Å². The van der Waals surface area contributed by atoms with Crippen LogP contribution in [0.4, 0.5) is 10.3 Å². The van der Waals surface area contributed by atoms with E-state index in [9.17, 15) is 9.65 Å². The van der Waals surface area contributed by atoms with Crippen LogP contribution >= 0.6 is 38.5 Å². The van der Waals surface area contributed by atoms with E-state index in [1.54, 1.807) is 28.8 Å². The van der Waals surface area contributed by atoms with Crippen LogP contribution in [0.15, 0.2) is 34.8 Å². The van der Waals surface area contributed by atoms with Gasteiger partial charge in [0.05, 0.1) is 25.9 Å². The molecule has 0 unspecified atom stereocenters. The normalized spacial score (nSPS) is 10.8. The fourth-order valence-corrected chi connectivity index (χ4v) is 2.93. The second-order valence-electron chi connectivity index (χ2n) is 4.33. The van der Waals surface area contributed by atoms with Crippen molar-refractivity contribution in [2.45, 2.75) is 0 Å². The molecular weight excluding hydrogens is 450 g/mol. The zero-order valence-corrected chi connectivity index (χ0v) is 14.2. The van der Waals surface area contributed by atoms with Crippen LogP contribution < -0.4 is 5.73 Å². The zero-order valence-electron chi connectivity index (χ0n) is 10.4. The largest absolute Gasteiger partial charge is 0.369 e. The van der Waals surface area contributed by atoms with Crippen molar-refractivity contribution < 1.29 is 4.39 Å². The molecule has 2 N–H and O–H groups in total. The van der Waals surface area contributed by atoms with Crippen molar-refractivity contribution in [2.75, 3.05) is 5.73 Å². The number of benzene rings is 2. The molecule has 0 bridgehead atoms. The number of anilines is 1. The predicted molar refractivity (Wildman–Crippen MR) is 90.6 cm³/mol. The number of nitrogens with zero attached hydrogens (tertiary/aromatic N) is 3. The molecular formula is C14H7BrFIN4. The second kappa shape index (κ2) is 5.27. The Labute approximate surface area is 141 Å². The molecule has 4 nitrogen and oxygen atoms in total. The lowest BCUT2D eigenvalue weighted by molar-refractivity contribution is 0.622. The van der Waals surface area contributed by atoms with Gasteiger partial charge in [0.25, 0.3) is 0 Å². The Balaban J connectivity index is 2.41. The average Bonchev–Trinajstić information content (AvgIpc) is 2.74. The summed E-state index contributed by atoms with van der Waals surface area (Å²) >= 11 is 5.27. The number of halogens is 3. The zero-order chi connectivity index (χ0) is 15.1. The van der Waals surface area contributed by atoms with E-state index in [0.717, 1.165) is 4.47 Å². The van der Waals surface area contributed by atoms with E-state index < -0.39 is 0 Å². The number of aromatic nitrogens is 2. The van der Waals surface area contributed by atoms with Crippen LogP contribution in [0.2, 0.25) is 0 Å². The molecule has 0 radical (unpaired) electrons. The third-order valence-electron chi connectivity index (χ3n) is 3.04. The molecule has 1 aromatic heterocycles. The maximum Gasteiger partial charge on any atom is 0.205 e. The Kier molecular flexibility index (Phi) is 3.59. The third-order valence-corrected chi connectivity index (χ3v) is 4.36. The van der Waals surface area contributed by atoms with E-state index in [-0.39, 0.29) is 11.8 Å². The Morgan fingerprint density at radius 2 is 2.10 bits per heavy atom. The summed E-state index contributed by atoms with van der Waals surface area (Å²) in [6.45, 7) is 0. The Morgan fingerprint density at radius 3 is 2.81 bits per heavy atom. The molecule has 0 fully saturated rings. The van der Waals surface area contributed by atoms with E-state index >= 15 is 0 Å². The first-order chi connectivity index (χ1) is 10.0. The lowest BCUT2D eigenvalue weighted by Gasteiger charge is -2.09.